The Hall–Kier alpha value is -14.8. The summed E-state index contributed by atoms with van der Waals surface area (Å²) in [5.41, 5.74) is 3.92. The summed E-state index contributed by atoms with van der Waals surface area (Å²) in [4.78, 5) is 65.1. The summed E-state index contributed by atoms with van der Waals surface area (Å²) < 4.78 is 149. The van der Waals surface area contributed by atoms with Crippen molar-refractivity contribution in [3.63, 3.8) is 0 Å². The zero-order chi connectivity index (χ0) is 111. The molecule has 15 rings (SSSR count). The van der Waals surface area contributed by atoms with Gasteiger partial charge in [-0.05, 0) is 222 Å². The first-order chi connectivity index (χ1) is 70.0. The second-order valence-corrected chi connectivity index (χ2v) is 46.6. The Labute approximate surface area is 871 Å². The van der Waals surface area contributed by atoms with E-state index in [0.717, 1.165) is 27.8 Å². The van der Waals surface area contributed by atoms with E-state index in [9.17, 15) is 118 Å². The third-order valence-corrected chi connectivity index (χ3v) is 34.8. The number of nitriles is 5. The van der Waals surface area contributed by atoms with Crippen LogP contribution in [0.2, 0.25) is 0 Å². The molecule has 5 aliphatic rings. The minimum atomic E-state index is -3.99. The van der Waals surface area contributed by atoms with Crippen molar-refractivity contribution in [2.75, 3.05) is 26.6 Å². The van der Waals surface area contributed by atoms with E-state index in [-0.39, 0.29) is 91.5 Å². The Balaban J connectivity index is 0.000000178. The summed E-state index contributed by atoms with van der Waals surface area (Å²) in [5.74, 6) is -0.191. The van der Waals surface area contributed by atoms with Gasteiger partial charge in [0.25, 0.3) is 29.5 Å². The third kappa shape index (κ3) is 25.0. The van der Waals surface area contributed by atoms with Gasteiger partial charge in [0.2, 0.25) is 50.1 Å². The lowest BCUT2D eigenvalue weighted by molar-refractivity contribution is 0.0728. The molecule has 0 saturated heterocycles. The number of fused-ring (bicyclic) bond motifs is 5. The van der Waals surface area contributed by atoms with Crippen molar-refractivity contribution < 1.29 is 91.6 Å². The quantitative estimate of drug-likeness (QED) is 0.0264. The molecule has 15 N–H and O–H groups in total. The highest BCUT2D eigenvalue weighted by Gasteiger charge is 2.46. The van der Waals surface area contributed by atoms with Crippen LogP contribution in [0, 0.1) is 104 Å². The Bertz CT molecular complexity index is 7330. The molecule has 10 heterocycles. The number of aromatic nitrogens is 5. The number of carbonyl (C=O) groups excluding carboxylic acids is 5. The van der Waals surface area contributed by atoms with Crippen LogP contribution in [0.5, 0.6) is 0 Å². The van der Waals surface area contributed by atoms with Crippen LogP contribution in [0.15, 0.2) is 197 Å². The van der Waals surface area contributed by atoms with E-state index < -0.39 is 138 Å². The van der Waals surface area contributed by atoms with Gasteiger partial charge in [-0.15, -0.1) is 32.7 Å². The van der Waals surface area contributed by atoms with Crippen LogP contribution in [0.3, 0.4) is 0 Å². The summed E-state index contributed by atoms with van der Waals surface area (Å²) in [6, 6.07) is 31.3. The first-order valence-corrected chi connectivity index (χ1v) is 54.2. The molecule has 150 heavy (non-hydrogen) atoms. The maximum absolute atomic E-state index is 13.0. The number of carbonyl (C=O) groups is 5. The molecule has 0 spiro atoms. The molecule has 0 saturated carbocycles. The maximum atomic E-state index is 13.0. The minimum Gasteiger partial charge on any atom is -0.384 e. The highest BCUT2D eigenvalue weighted by atomic mass is 32.2. The third-order valence-electron chi connectivity index (χ3n) is 27.2. The van der Waals surface area contributed by atoms with E-state index in [1.807, 2.05) is 0 Å². The molecule has 10 atom stereocenters. The van der Waals surface area contributed by atoms with Crippen LogP contribution in [0.4, 0.5) is 28.4 Å². The smallest absolute Gasteiger partial charge is 0.272 e. The molecule has 10 aromatic rings. The molecule has 5 aliphatic heterocycles. The molecule has 0 unspecified atom stereocenters. The van der Waals surface area contributed by atoms with Crippen molar-refractivity contribution in [2.24, 2.45) is 35.2 Å². The molecule has 0 radical (unpaired) electrons. The summed E-state index contributed by atoms with van der Waals surface area (Å²) in [5, 5.41) is 112. The lowest BCUT2D eigenvalue weighted by atomic mass is 9.92. The number of benzene rings is 5. The van der Waals surface area contributed by atoms with E-state index in [0.29, 0.717) is 110 Å². The number of aryl methyl sites for hydroxylation is 10. The van der Waals surface area contributed by atoms with Crippen molar-refractivity contribution in [3.05, 3.63) is 285 Å². The Kier molecular flexibility index (Phi) is 34.6. The molecule has 40 nitrogen and oxygen atoms in total. The van der Waals surface area contributed by atoms with Crippen molar-refractivity contribution in [3.8, 4) is 42.7 Å². The fourth-order valence-electron chi connectivity index (χ4n) is 17.8. The van der Waals surface area contributed by atoms with Gasteiger partial charge in [0.1, 0.15) is 58.5 Å². The number of sulfonamides is 5. The van der Waals surface area contributed by atoms with Gasteiger partial charge in [0, 0.05) is 122 Å². The molecule has 0 aliphatic carbocycles. The van der Waals surface area contributed by atoms with Crippen LogP contribution in [0.1, 0.15) is 203 Å². The predicted octanol–water partition coefficient (Wildman–Crippen LogP) is 9.39. The summed E-state index contributed by atoms with van der Waals surface area (Å²) in [7, 11) is -11.8. The average Bonchev–Trinajstić information content (AvgIpc) is 1.63. The number of terminal acetylenes is 1. The lowest BCUT2D eigenvalue weighted by Crippen LogP contribution is -2.49. The lowest BCUT2D eigenvalue weighted by Gasteiger charge is -2.29. The molecule has 5 aromatic carbocycles. The summed E-state index contributed by atoms with van der Waals surface area (Å²) in [6.07, 6.45) is 20.2. The van der Waals surface area contributed by atoms with E-state index in [4.69, 9.17) is 6.42 Å². The first kappa shape index (κ1) is 115. The van der Waals surface area contributed by atoms with Crippen molar-refractivity contribution in [1.82, 2.24) is 46.4 Å². The minimum absolute atomic E-state index is 0.0131. The van der Waals surface area contributed by atoms with Crippen molar-refractivity contribution in [2.45, 2.75) is 216 Å². The standard InChI is InChI=1S/4C21H24N4O4S.C21H22N4O4S/c5*1-5-21(3,27)18-9-8-16-17(30(28,29)24-18)12-25(4)19(16)20(26)23-15-7-6-13(2)14(10-15)11-22/h4*5-7,10,12,18,24,27H,1,8-9H2,2-4H3,(H,23,26);1,6-7,10,12,18,24,27H,8-9H2,2-4H3,(H,23,26)/t2*18-,21+;2*18-,21-;18-,21+/m10101/s1. The molecule has 0 bridgehead atoms. The van der Waals surface area contributed by atoms with Gasteiger partial charge in [-0.1, -0.05) is 60.6 Å². The van der Waals surface area contributed by atoms with Crippen LogP contribution >= 0.6 is 0 Å². The number of nitrogens with zero attached hydrogens (tertiary/aromatic N) is 10. The van der Waals surface area contributed by atoms with Crippen LogP contribution in [-0.2, 0) is 117 Å². The van der Waals surface area contributed by atoms with Gasteiger partial charge in [0.05, 0.1) is 111 Å². The predicted molar refractivity (Wildman–Crippen MR) is 561 cm³/mol. The highest BCUT2D eigenvalue weighted by Crippen LogP contribution is 2.39. The summed E-state index contributed by atoms with van der Waals surface area (Å²) in [6.45, 7) is 30.6. The second-order valence-electron chi connectivity index (χ2n) is 38.2. The number of hydrogen-bond acceptors (Lipinski definition) is 25. The van der Waals surface area contributed by atoms with Gasteiger partial charge >= 0.3 is 0 Å². The average molecular weight is 2140 g/mol. The van der Waals surface area contributed by atoms with Crippen molar-refractivity contribution in [1.29, 1.82) is 26.3 Å². The monoisotopic (exact) mass is 2140 g/mol. The molecule has 788 valence electrons. The molecular weight excluding hydrogens is 2020 g/mol. The van der Waals surface area contributed by atoms with E-state index in [1.54, 1.807) is 161 Å². The number of rotatable bonds is 19. The van der Waals surface area contributed by atoms with Crippen LogP contribution in [-0.4, -0.2) is 178 Å². The maximum Gasteiger partial charge on any atom is 0.272 e. The van der Waals surface area contributed by atoms with Gasteiger partial charge in [-0.3, -0.25) is 24.0 Å². The number of anilines is 5. The van der Waals surface area contributed by atoms with Crippen molar-refractivity contribution >= 4 is 108 Å². The number of nitrogens with one attached hydrogen (secondary N) is 10. The normalized spacial score (nSPS) is 19.6. The topological polar surface area (TPSA) is 621 Å². The summed E-state index contributed by atoms with van der Waals surface area (Å²) >= 11 is 0. The fourth-order valence-corrected chi connectivity index (χ4v) is 26.2. The van der Waals surface area contributed by atoms with Gasteiger partial charge in [-0.2, -0.15) is 26.3 Å². The van der Waals surface area contributed by atoms with Crippen LogP contribution in [0.25, 0.3) is 0 Å². The Morgan fingerprint density at radius 3 is 0.640 bits per heavy atom. The SMILES string of the molecule is C#C[C@](C)(O)[C@H]1CCc2c(cn(C)c2C(=O)Nc2ccc(C)c(C#N)c2)S(=O)(=O)N1.C=C[C@@](C)(O)[C@@H]1CCc2c(cn(C)c2C(=O)Nc2ccc(C)c(C#N)c2)S(=O)(=O)N1.C=C[C@@](C)(O)[C@H]1CCc2c(cn(C)c2C(=O)Nc2ccc(C)c(C#N)c2)S(=O)(=O)N1.C=C[C@](C)(O)[C@@H]1CCc2c(cn(C)c2C(=O)Nc2ccc(C)c(C#N)c2)S(=O)(=O)N1.C=C[C@](C)(O)[C@H]1CCc2c(cn(C)c2C(=O)Nc2ccc(C)c(C#N)c2)S(=O)(=O)N1. The van der Waals surface area contributed by atoms with Crippen LogP contribution < -0.4 is 50.2 Å². The number of aliphatic hydroxyl groups is 5. The number of amides is 5. The second kappa shape index (κ2) is 44.9. The molecule has 5 aromatic heterocycles. The van der Waals surface area contributed by atoms with E-state index in [1.165, 1.54) is 113 Å². The molecular formula is C105H118N20O20S5. The molecule has 45 heteroatoms. The largest absolute Gasteiger partial charge is 0.384 e. The zero-order valence-corrected chi connectivity index (χ0v) is 89.2. The number of hydrogen-bond donors (Lipinski definition) is 15. The molecule has 0 fully saturated rings. The fraction of sp³-hybridized carbons (Fsp3) is 0.333. The van der Waals surface area contributed by atoms with Gasteiger partial charge < -0.3 is 75.0 Å². The van der Waals surface area contributed by atoms with E-state index in [2.05, 4.69) is 113 Å². The first-order valence-electron chi connectivity index (χ1n) is 46.8. The zero-order valence-electron chi connectivity index (χ0n) is 85.1. The Morgan fingerprint density at radius 1 is 0.327 bits per heavy atom. The molecule has 5 amide bonds. The highest BCUT2D eigenvalue weighted by molar-refractivity contribution is 7.90. The van der Waals surface area contributed by atoms with E-state index >= 15 is 0 Å². The van der Waals surface area contributed by atoms with Gasteiger partial charge in [0.15, 0.2) is 0 Å². The van der Waals surface area contributed by atoms with Gasteiger partial charge in [-0.25, -0.2) is 65.7 Å². The Morgan fingerprint density at radius 2 is 0.487 bits per heavy atom.